The topological polar surface area (TPSA) is 56.3 Å². The minimum Gasteiger partial charge on any atom is -0.496 e. The average molecular weight is 518 g/mol. The van der Waals surface area contributed by atoms with Crippen molar-refractivity contribution < 1.29 is 14.6 Å². The molecule has 2 unspecified atom stereocenters. The van der Waals surface area contributed by atoms with Crippen LogP contribution in [0.15, 0.2) is 42.1 Å². The number of aliphatic hydroxyl groups excluding tert-OH is 1. The van der Waals surface area contributed by atoms with E-state index in [1.165, 1.54) is 22.3 Å². The molecule has 5 rings (SSSR count). The normalized spacial score (nSPS) is 21.7. The molecule has 3 heterocycles. The fourth-order valence-electron chi connectivity index (χ4n) is 7.01. The Bertz CT molecular complexity index is 1220. The fraction of sp³-hybridized carbons (Fsp3) is 0.531. The fourth-order valence-corrected chi connectivity index (χ4v) is 7.01. The first-order valence-corrected chi connectivity index (χ1v) is 14.0. The Balaban J connectivity index is 1.49. The number of allylic oxidation sites excluding steroid dienone is 1. The number of hydrogen-bond acceptors (Lipinski definition) is 4. The van der Waals surface area contributed by atoms with Gasteiger partial charge in [0.2, 0.25) is 0 Å². The molecule has 2 amide bonds. The van der Waals surface area contributed by atoms with Gasteiger partial charge in [0.05, 0.1) is 19.2 Å². The standard InChI is InChI=1S/C32H43N3O3/c1-21-11-22(2)13-26(12-21)18-33-9-7-32(8-10-33)29-16-25(5)30-27(14-23(3)15-28(30)38-6)19-34(29)31(37)35(32)17-24(4)20-36/h11-16,24-25,36H,7-10,17-20H2,1-6H3. The lowest BCUT2D eigenvalue weighted by Gasteiger charge is -2.45. The van der Waals surface area contributed by atoms with Crippen LogP contribution in [0.2, 0.25) is 0 Å². The number of aliphatic hydroxyl groups is 1. The van der Waals surface area contributed by atoms with Gasteiger partial charge in [0.15, 0.2) is 0 Å². The second-order valence-corrected chi connectivity index (χ2v) is 12.0. The molecule has 2 fully saturated rings. The highest BCUT2D eigenvalue weighted by atomic mass is 16.5. The molecule has 204 valence electrons. The molecule has 0 aliphatic carbocycles. The van der Waals surface area contributed by atoms with Gasteiger partial charge in [-0.05, 0) is 62.3 Å². The number of rotatable bonds is 6. The average Bonchev–Trinajstić information content (AvgIpc) is 2.97. The summed E-state index contributed by atoms with van der Waals surface area (Å²) in [5.74, 6) is 1.06. The molecule has 0 aromatic heterocycles. The highest BCUT2D eigenvalue weighted by Crippen LogP contribution is 2.49. The lowest BCUT2D eigenvalue weighted by Crippen LogP contribution is -2.54. The molecule has 6 heteroatoms. The van der Waals surface area contributed by atoms with Gasteiger partial charge < -0.3 is 14.7 Å². The Kier molecular flexibility index (Phi) is 7.31. The van der Waals surface area contributed by atoms with E-state index in [-0.39, 0.29) is 30.0 Å². The number of ether oxygens (including phenoxy) is 1. The minimum absolute atomic E-state index is 0.0281. The molecule has 0 radical (unpaired) electrons. The van der Waals surface area contributed by atoms with Gasteiger partial charge in [-0.25, -0.2) is 4.79 Å². The van der Waals surface area contributed by atoms with Crippen molar-refractivity contribution in [1.82, 2.24) is 14.7 Å². The second-order valence-electron chi connectivity index (χ2n) is 12.0. The molecule has 1 spiro atoms. The number of carbonyl (C=O) groups is 1. The van der Waals surface area contributed by atoms with Crippen molar-refractivity contribution in [3.05, 3.63) is 75.5 Å². The summed E-state index contributed by atoms with van der Waals surface area (Å²) < 4.78 is 5.80. The van der Waals surface area contributed by atoms with E-state index in [4.69, 9.17) is 4.74 Å². The molecule has 1 N–H and O–H groups in total. The summed E-state index contributed by atoms with van der Waals surface area (Å²) in [6.45, 7) is 14.6. The third kappa shape index (κ3) is 4.73. The van der Waals surface area contributed by atoms with Crippen LogP contribution in [-0.2, 0) is 13.1 Å². The van der Waals surface area contributed by atoms with Crippen LogP contribution in [0.1, 0.15) is 66.0 Å². The first-order valence-electron chi connectivity index (χ1n) is 14.0. The number of piperidine rings is 1. The Morgan fingerprint density at radius 1 is 1.05 bits per heavy atom. The number of amides is 2. The van der Waals surface area contributed by atoms with Crippen molar-refractivity contribution in [3.8, 4) is 5.75 Å². The summed E-state index contributed by atoms with van der Waals surface area (Å²) >= 11 is 0. The highest BCUT2D eigenvalue weighted by molar-refractivity contribution is 5.83. The lowest BCUT2D eigenvalue weighted by atomic mass is 9.81. The van der Waals surface area contributed by atoms with E-state index in [9.17, 15) is 9.90 Å². The summed E-state index contributed by atoms with van der Waals surface area (Å²) in [4.78, 5) is 20.7. The van der Waals surface area contributed by atoms with Crippen molar-refractivity contribution in [2.24, 2.45) is 5.92 Å². The summed E-state index contributed by atoms with van der Waals surface area (Å²) in [5.41, 5.74) is 8.24. The third-order valence-electron chi connectivity index (χ3n) is 8.71. The number of nitrogens with zero attached hydrogens (tertiary/aromatic N) is 3. The van der Waals surface area contributed by atoms with Gasteiger partial charge in [-0.1, -0.05) is 55.3 Å². The quantitative estimate of drug-likeness (QED) is 0.548. The van der Waals surface area contributed by atoms with E-state index in [1.807, 2.05) is 11.8 Å². The van der Waals surface area contributed by atoms with Crippen LogP contribution < -0.4 is 4.74 Å². The largest absolute Gasteiger partial charge is 0.496 e. The SMILES string of the molecule is COc1cc(C)cc2c1C(C)C=C1N(C2)C(=O)N(CC(C)CO)C12CCN(Cc1cc(C)cc(C)c1)CC2. The number of methoxy groups -OCH3 is 1. The number of carbonyl (C=O) groups excluding carboxylic acids is 1. The van der Waals surface area contributed by atoms with Gasteiger partial charge in [-0.2, -0.15) is 0 Å². The van der Waals surface area contributed by atoms with E-state index in [0.717, 1.165) is 55.0 Å². The predicted octanol–water partition coefficient (Wildman–Crippen LogP) is 5.52. The van der Waals surface area contributed by atoms with Crippen LogP contribution in [0.5, 0.6) is 5.75 Å². The number of aryl methyl sites for hydroxylation is 3. The first kappa shape index (κ1) is 26.8. The van der Waals surface area contributed by atoms with Gasteiger partial charge >= 0.3 is 6.03 Å². The molecule has 3 aliphatic heterocycles. The first-order chi connectivity index (χ1) is 18.1. The lowest BCUT2D eigenvalue weighted by molar-refractivity contribution is 0.0704. The van der Waals surface area contributed by atoms with E-state index in [2.05, 4.69) is 73.9 Å². The Morgan fingerprint density at radius 2 is 1.71 bits per heavy atom. The van der Waals surface area contributed by atoms with E-state index >= 15 is 0 Å². The monoisotopic (exact) mass is 517 g/mol. The molecule has 2 atom stereocenters. The molecule has 3 aliphatic rings. The van der Waals surface area contributed by atoms with Crippen molar-refractivity contribution >= 4 is 6.03 Å². The zero-order valence-corrected chi connectivity index (χ0v) is 23.9. The van der Waals surface area contributed by atoms with Crippen LogP contribution in [0.25, 0.3) is 0 Å². The minimum atomic E-state index is -0.349. The van der Waals surface area contributed by atoms with Crippen LogP contribution in [-0.4, -0.2) is 64.7 Å². The predicted molar refractivity (Wildman–Crippen MR) is 151 cm³/mol. The molecule has 38 heavy (non-hydrogen) atoms. The number of likely N-dealkylation sites (tertiary alicyclic amines) is 1. The van der Waals surface area contributed by atoms with Crippen LogP contribution in [0, 0.1) is 26.7 Å². The second kappa shape index (κ2) is 10.4. The molecule has 0 saturated carbocycles. The number of fused-ring (bicyclic) bond motifs is 3. The van der Waals surface area contributed by atoms with E-state index < -0.39 is 0 Å². The van der Waals surface area contributed by atoms with Gasteiger partial charge in [0.1, 0.15) is 5.75 Å². The van der Waals surface area contributed by atoms with Crippen molar-refractivity contribution in [2.75, 3.05) is 33.4 Å². The molecular formula is C32H43N3O3. The Hall–Kier alpha value is -2.83. The Morgan fingerprint density at radius 3 is 2.34 bits per heavy atom. The summed E-state index contributed by atoms with van der Waals surface area (Å²) in [5, 5.41) is 9.89. The number of benzene rings is 2. The molecule has 0 bridgehead atoms. The molecule has 6 nitrogen and oxygen atoms in total. The maximum atomic E-state index is 14.1. The summed E-state index contributed by atoms with van der Waals surface area (Å²) in [7, 11) is 1.73. The van der Waals surface area contributed by atoms with Crippen LogP contribution in [0.4, 0.5) is 4.79 Å². The third-order valence-corrected chi connectivity index (χ3v) is 8.71. The maximum absolute atomic E-state index is 14.1. The van der Waals surface area contributed by atoms with Crippen molar-refractivity contribution in [2.45, 2.75) is 72.0 Å². The Labute approximate surface area is 227 Å². The maximum Gasteiger partial charge on any atom is 0.325 e. The van der Waals surface area contributed by atoms with Gasteiger partial charge in [-0.3, -0.25) is 9.80 Å². The molecular weight excluding hydrogens is 474 g/mol. The van der Waals surface area contributed by atoms with Gasteiger partial charge in [0.25, 0.3) is 0 Å². The van der Waals surface area contributed by atoms with E-state index in [1.54, 1.807) is 7.11 Å². The van der Waals surface area contributed by atoms with Gasteiger partial charge in [-0.15, -0.1) is 0 Å². The zero-order chi connectivity index (χ0) is 27.2. The molecule has 2 aromatic rings. The van der Waals surface area contributed by atoms with Gasteiger partial charge in [0, 0.05) is 50.0 Å². The molecule has 2 aromatic carbocycles. The summed E-state index contributed by atoms with van der Waals surface area (Å²) in [6, 6.07) is 11.2. The van der Waals surface area contributed by atoms with Crippen LogP contribution >= 0.6 is 0 Å². The summed E-state index contributed by atoms with van der Waals surface area (Å²) in [6.07, 6.45) is 4.11. The van der Waals surface area contributed by atoms with Crippen LogP contribution in [0.3, 0.4) is 0 Å². The number of urea groups is 1. The smallest absolute Gasteiger partial charge is 0.325 e. The van der Waals surface area contributed by atoms with Crippen molar-refractivity contribution in [1.29, 1.82) is 0 Å². The number of hydrogen-bond donors (Lipinski definition) is 1. The molecule has 2 saturated heterocycles. The zero-order valence-electron chi connectivity index (χ0n) is 23.9. The van der Waals surface area contributed by atoms with Crippen molar-refractivity contribution in [3.63, 3.8) is 0 Å². The highest BCUT2D eigenvalue weighted by Gasteiger charge is 2.55. The van der Waals surface area contributed by atoms with E-state index in [0.29, 0.717) is 13.1 Å².